The summed E-state index contributed by atoms with van der Waals surface area (Å²) < 4.78 is 1.96. The summed E-state index contributed by atoms with van der Waals surface area (Å²) in [4.78, 5) is 4.61. The van der Waals surface area contributed by atoms with Crippen LogP contribution in [0.25, 0.3) is 5.65 Å². The van der Waals surface area contributed by atoms with Crippen LogP contribution in [0, 0.1) is 5.41 Å². The first kappa shape index (κ1) is 17.2. The molecule has 0 aliphatic heterocycles. The Kier molecular flexibility index (Phi) is 5.96. The summed E-state index contributed by atoms with van der Waals surface area (Å²) in [6.07, 6.45) is 4.28. The lowest BCUT2D eigenvalue weighted by Gasteiger charge is -2.18. The molecule has 0 unspecified atom stereocenters. The molecule has 0 fully saturated rings. The number of hydrogen-bond donors (Lipinski definition) is 2. The third-order valence-electron chi connectivity index (χ3n) is 3.50. The molecular weight excluding hydrogens is 288 g/mol. The van der Waals surface area contributed by atoms with E-state index in [1.165, 1.54) is 6.42 Å². The fourth-order valence-electron chi connectivity index (χ4n) is 2.32. The van der Waals surface area contributed by atoms with Gasteiger partial charge in [0.15, 0.2) is 17.4 Å². The molecule has 0 spiro atoms. The van der Waals surface area contributed by atoms with Crippen molar-refractivity contribution in [3.8, 4) is 0 Å². The Hall–Kier alpha value is -2.11. The van der Waals surface area contributed by atoms with Gasteiger partial charge in [0.1, 0.15) is 6.54 Å². The molecule has 2 N–H and O–H groups in total. The predicted octanol–water partition coefficient (Wildman–Crippen LogP) is 2.61. The molecule has 6 heteroatoms. The van der Waals surface area contributed by atoms with Crippen molar-refractivity contribution in [1.29, 1.82) is 0 Å². The van der Waals surface area contributed by atoms with E-state index in [0.717, 1.165) is 36.9 Å². The summed E-state index contributed by atoms with van der Waals surface area (Å²) in [5, 5.41) is 15.0. The molecule has 2 heterocycles. The van der Waals surface area contributed by atoms with Crippen molar-refractivity contribution in [2.24, 2.45) is 10.4 Å². The van der Waals surface area contributed by atoms with Gasteiger partial charge in [0, 0.05) is 19.3 Å². The van der Waals surface area contributed by atoms with Crippen molar-refractivity contribution in [2.75, 3.05) is 13.1 Å². The number of aromatic nitrogens is 3. The standard InChI is InChI=1S/C17H28N6/c1-5-18-16(19-11-8-10-17(2,3)4)20-13-15-22-21-14-9-6-7-12-23(14)15/h6-7,9,12H,5,8,10-11,13H2,1-4H3,(H2,18,19,20). The van der Waals surface area contributed by atoms with E-state index in [-0.39, 0.29) is 0 Å². The van der Waals surface area contributed by atoms with E-state index >= 15 is 0 Å². The van der Waals surface area contributed by atoms with Crippen LogP contribution >= 0.6 is 0 Å². The highest BCUT2D eigenvalue weighted by molar-refractivity contribution is 5.79. The van der Waals surface area contributed by atoms with Gasteiger partial charge in [-0.25, -0.2) is 4.99 Å². The Morgan fingerprint density at radius 3 is 2.78 bits per heavy atom. The number of fused-ring (bicyclic) bond motifs is 1. The largest absolute Gasteiger partial charge is 0.357 e. The summed E-state index contributed by atoms with van der Waals surface area (Å²) in [5.74, 6) is 1.67. The lowest BCUT2D eigenvalue weighted by atomic mass is 9.91. The van der Waals surface area contributed by atoms with Crippen LogP contribution in [0.5, 0.6) is 0 Å². The Bertz CT molecular complexity index is 638. The van der Waals surface area contributed by atoms with E-state index < -0.39 is 0 Å². The van der Waals surface area contributed by atoms with Crippen molar-refractivity contribution in [3.63, 3.8) is 0 Å². The highest BCUT2D eigenvalue weighted by Gasteiger charge is 2.09. The average molecular weight is 316 g/mol. The molecule has 23 heavy (non-hydrogen) atoms. The third-order valence-corrected chi connectivity index (χ3v) is 3.50. The van der Waals surface area contributed by atoms with E-state index in [1.54, 1.807) is 0 Å². The van der Waals surface area contributed by atoms with Crippen LogP contribution in [0.3, 0.4) is 0 Å². The maximum atomic E-state index is 4.61. The molecule has 2 aromatic rings. The van der Waals surface area contributed by atoms with E-state index in [1.807, 2.05) is 28.8 Å². The first-order valence-electron chi connectivity index (χ1n) is 8.30. The lowest BCUT2D eigenvalue weighted by Crippen LogP contribution is -2.38. The van der Waals surface area contributed by atoms with Gasteiger partial charge in [0.05, 0.1) is 0 Å². The molecule has 2 rings (SSSR count). The zero-order valence-electron chi connectivity index (χ0n) is 14.6. The Morgan fingerprint density at radius 2 is 2.04 bits per heavy atom. The van der Waals surface area contributed by atoms with Crippen LogP contribution in [-0.4, -0.2) is 33.6 Å². The molecule has 0 saturated carbocycles. The summed E-state index contributed by atoms with van der Waals surface area (Å²) in [6.45, 7) is 11.1. The van der Waals surface area contributed by atoms with Gasteiger partial charge < -0.3 is 10.6 Å². The normalized spacial score (nSPS) is 12.6. The fourth-order valence-corrected chi connectivity index (χ4v) is 2.32. The van der Waals surface area contributed by atoms with Crippen LogP contribution in [-0.2, 0) is 6.54 Å². The summed E-state index contributed by atoms with van der Waals surface area (Å²) in [7, 11) is 0. The minimum Gasteiger partial charge on any atom is -0.357 e. The number of nitrogens with zero attached hydrogens (tertiary/aromatic N) is 4. The van der Waals surface area contributed by atoms with Gasteiger partial charge in [-0.15, -0.1) is 10.2 Å². The van der Waals surface area contributed by atoms with Gasteiger partial charge in [-0.3, -0.25) is 4.40 Å². The number of pyridine rings is 1. The topological polar surface area (TPSA) is 66.6 Å². The molecule has 0 aliphatic rings. The van der Waals surface area contributed by atoms with Crippen LogP contribution in [0.1, 0.15) is 46.4 Å². The third kappa shape index (κ3) is 5.54. The Labute approximate surface area is 138 Å². The maximum Gasteiger partial charge on any atom is 0.191 e. The van der Waals surface area contributed by atoms with Gasteiger partial charge in [-0.05, 0) is 37.3 Å². The summed E-state index contributed by atoms with van der Waals surface area (Å²) in [5.41, 5.74) is 1.22. The second-order valence-electron chi connectivity index (χ2n) is 6.83. The van der Waals surface area contributed by atoms with Gasteiger partial charge in [-0.2, -0.15) is 0 Å². The van der Waals surface area contributed by atoms with Crippen LogP contribution in [0.15, 0.2) is 29.4 Å². The summed E-state index contributed by atoms with van der Waals surface area (Å²) in [6, 6.07) is 5.87. The second-order valence-corrected chi connectivity index (χ2v) is 6.83. The minimum atomic E-state index is 0.373. The molecule has 0 bridgehead atoms. The molecule has 0 aromatic carbocycles. The molecule has 0 amide bonds. The first-order chi connectivity index (χ1) is 11.0. The van der Waals surface area contributed by atoms with E-state index in [0.29, 0.717) is 12.0 Å². The first-order valence-corrected chi connectivity index (χ1v) is 8.30. The smallest absolute Gasteiger partial charge is 0.191 e. The molecule has 0 atom stereocenters. The number of aliphatic imine (C=N–C) groups is 1. The lowest BCUT2D eigenvalue weighted by molar-refractivity contribution is 0.365. The molecule has 0 saturated heterocycles. The average Bonchev–Trinajstić information content (AvgIpc) is 2.91. The number of hydrogen-bond acceptors (Lipinski definition) is 3. The molecule has 6 nitrogen and oxygen atoms in total. The van der Waals surface area contributed by atoms with Gasteiger partial charge in [0.25, 0.3) is 0 Å². The van der Waals surface area contributed by atoms with E-state index in [2.05, 4.69) is 53.5 Å². The predicted molar refractivity (Wildman–Crippen MR) is 94.5 cm³/mol. The highest BCUT2D eigenvalue weighted by atomic mass is 15.3. The second kappa shape index (κ2) is 7.94. The monoisotopic (exact) mass is 316 g/mol. The maximum absolute atomic E-state index is 4.61. The molecule has 126 valence electrons. The fraction of sp³-hybridized carbons (Fsp3) is 0.588. The quantitative estimate of drug-likeness (QED) is 0.488. The van der Waals surface area contributed by atoms with E-state index in [9.17, 15) is 0 Å². The molecule has 0 radical (unpaired) electrons. The number of rotatable bonds is 6. The number of guanidine groups is 1. The van der Waals surface area contributed by atoms with E-state index in [4.69, 9.17) is 0 Å². The molecular formula is C17H28N6. The van der Waals surface area contributed by atoms with Crippen molar-refractivity contribution in [2.45, 2.75) is 47.1 Å². The Balaban J connectivity index is 1.93. The van der Waals surface area contributed by atoms with Crippen molar-refractivity contribution >= 4 is 11.6 Å². The minimum absolute atomic E-state index is 0.373. The van der Waals surface area contributed by atoms with Crippen molar-refractivity contribution in [3.05, 3.63) is 30.2 Å². The van der Waals surface area contributed by atoms with Crippen molar-refractivity contribution in [1.82, 2.24) is 25.2 Å². The summed E-state index contributed by atoms with van der Waals surface area (Å²) >= 11 is 0. The SMILES string of the molecule is CCNC(=NCc1nnc2ccccn12)NCCCC(C)(C)C. The van der Waals surface area contributed by atoms with Gasteiger partial charge in [-0.1, -0.05) is 26.8 Å². The number of nitrogens with one attached hydrogen (secondary N) is 2. The van der Waals surface area contributed by atoms with Crippen molar-refractivity contribution < 1.29 is 0 Å². The molecule has 0 aliphatic carbocycles. The van der Waals surface area contributed by atoms with Crippen LogP contribution in [0.2, 0.25) is 0 Å². The van der Waals surface area contributed by atoms with Gasteiger partial charge >= 0.3 is 0 Å². The zero-order valence-corrected chi connectivity index (χ0v) is 14.6. The zero-order chi connectivity index (χ0) is 16.7. The van der Waals surface area contributed by atoms with Crippen LogP contribution < -0.4 is 10.6 Å². The molecule has 2 aromatic heterocycles. The highest BCUT2D eigenvalue weighted by Crippen LogP contribution is 2.19. The van der Waals surface area contributed by atoms with Gasteiger partial charge in [0.2, 0.25) is 0 Å². The van der Waals surface area contributed by atoms with Crippen LogP contribution in [0.4, 0.5) is 0 Å². The Morgan fingerprint density at radius 1 is 1.22 bits per heavy atom.